The van der Waals surface area contributed by atoms with E-state index in [2.05, 4.69) is 26.1 Å². The summed E-state index contributed by atoms with van der Waals surface area (Å²) in [5.74, 6) is -0.889. The van der Waals surface area contributed by atoms with Crippen LogP contribution in [0.1, 0.15) is 28.4 Å². The number of aromatic carboxylic acids is 1. The van der Waals surface area contributed by atoms with Gasteiger partial charge in [-0.15, -0.1) is 10.2 Å². The van der Waals surface area contributed by atoms with Gasteiger partial charge in [0, 0.05) is 17.1 Å². The van der Waals surface area contributed by atoms with Crippen molar-refractivity contribution in [2.75, 3.05) is 0 Å². The van der Waals surface area contributed by atoms with Gasteiger partial charge in [0.25, 0.3) is 0 Å². The van der Waals surface area contributed by atoms with E-state index < -0.39 is 11.9 Å². The molecule has 0 atom stereocenters. The smallest absolute Gasteiger partial charge is 0.342 e. The third-order valence-corrected chi connectivity index (χ3v) is 7.27. The summed E-state index contributed by atoms with van der Waals surface area (Å²) in [7, 11) is 0. The second-order valence-corrected chi connectivity index (χ2v) is 10.3. The number of nitrogens with zero attached hydrogens (tertiary/aromatic N) is 3. The zero-order valence-corrected chi connectivity index (χ0v) is 23.1. The molecule has 1 heterocycles. The van der Waals surface area contributed by atoms with Crippen molar-refractivity contribution in [1.82, 2.24) is 14.8 Å². The largest absolute Gasteiger partial charge is 0.488 e. The van der Waals surface area contributed by atoms with Gasteiger partial charge in [-0.25, -0.2) is 9.59 Å². The van der Waals surface area contributed by atoms with E-state index in [1.54, 1.807) is 48.5 Å². The van der Waals surface area contributed by atoms with Crippen LogP contribution in [0.3, 0.4) is 0 Å². The number of carbonyl (C=O) groups is 2. The van der Waals surface area contributed by atoms with E-state index in [9.17, 15) is 14.7 Å². The fraction of sp³-hybridized carbons (Fsp3) is 0.111. The summed E-state index contributed by atoms with van der Waals surface area (Å²) in [6, 6.07) is 18.9. The highest BCUT2D eigenvalue weighted by Gasteiger charge is 2.18. The van der Waals surface area contributed by atoms with Crippen LogP contribution in [0.5, 0.6) is 5.75 Å². The number of carboxylic acid groups (broad SMARTS) is 2. The molecule has 11 heteroatoms. The van der Waals surface area contributed by atoms with Crippen LogP contribution in [0.15, 0.2) is 81.3 Å². The maximum Gasteiger partial charge on any atom is 0.342 e. The van der Waals surface area contributed by atoms with Gasteiger partial charge in [-0.1, -0.05) is 29.8 Å². The minimum absolute atomic E-state index is 0.0776. The topological polar surface area (TPSA) is 115 Å². The van der Waals surface area contributed by atoms with Crippen LogP contribution in [0.4, 0.5) is 0 Å². The van der Waals surface area contributed by atoms with Crippen molar-refractivity contribution >= 4 is 57.3 Å². The van der Waals surface area contributed by atoms with E-state index in [1.165, 1.54) is 12.1 Å². The molecule has 0 saturated carbocycles. The van der Waals surface area contributed by atoms with E-state index in [0.29, 0.717) is 38.3 Å². The molecule has 0 amide bonds. The Hall–Kier alpha value is -3.60. The van der Waals surface area contributed by atoms with Gasteiger partial charge in [0.2, 0.25) is 0 Å². The Morgan fingerprint density at radius 1 is 1.05 bits per heavy atom. The number of benzene rings is 3. The van der Waals surface area contributed by atoms with Gasteiger partial charge < -0.3 is 19.5 Å². The highest BCUT2D eigenvalue weighted by molar-refractivity contribution is 9.10. The molecular weight excluding hydrogens is 594 g/mol. The Morgan fingerprint density at radius 3 is 2.37 bits per heavy atom. The first-order chi connectivity index (χ1) is 18.2. The highest BCUT2D eigenvalue weighted by Crippen LogP contribution is 2.33. The lowest BCUT2D eigenvalue weighted by atomic mass is 10.1. The zero-order chi connectivity index (χ0) is 27.2. The molecule has 4 aromatic rings. The van der Waals surface area contributed by atoms with Crippen molar-refractivity contribution < 1.29 is 24.5 Å². The van der Waals surface area contributed by atoms with E-state index in [0.717, 1.165) is 22.9 Å². The fourth-order valence-electron chi connectivity index (χ4n) is 3.47. The predicted octanol–water partition coefficient (Wildman–Crippen LogP) is 6.88. The third-order valence-electron chi connectivity index (χ3n) is 5.40. The number of aliphatic carboxylic acids is 1. The Kier molecular flexibility index (Phi) is 8.88. The predicted molar refractivity (Wildman–Crippen MR) is 149 cm³/mol. The molecule has 8 nitrogen and oxygen atoms in total. The molecule has 4 rings (SSSR count). The molecule has 3 aromatic carbocycles. The summed E-state index contributed by atoms with van der Waals surface area (Å²) in [6.07, 6.45) is 1.56. The third kappa shape index (κ3) is 6.63. The first-order valence-electron chi connectivity index (χ1n) is 11.3. The number of ether oxygens (including phenoxy) is 1. The molecule has 0 unspecified atom stereocenters. The second kappa shape index (κ2) is 12.3. The van der Waals surface area contributed by atoms with Crippen molar-refractivity contribution in [3.8, 4) is 17.1 Å². The molecule has 0 aliphatic carbocycles. The second-order valence-electron chi connectivity index (χ2n) is 7.95. The summed E-state index contributed by atoms with van der Waals surface area (Å²) in [4.78, 5) is 23.1. The number of aromatic nitrogens is 3. The first kappa shape index (κ1) is 27.4. The number of thioether (sulfide) groups is 1. The van der Waals surface area contributed by atoms with Crippen LogP contribution in [-0.4, -0.2) is 36.9 Å². The molecule has 0 radical (unpaired) electrons. The Bertz CT molecular complexity index is 1500. The molecule has 0 bridgehead atoms. The molecule has 0 aliphatic heterocycles. The average Bonchev–Trinajstić information content (AvgIpc) is 3.31. The van der Waals surface area contributed by atoms with Crippen LogP contribution in [0.25, 0.3) is 17.5 Å². The van der Waals surface area contributed by atoms with E-state index >= 15 is 0 Å². The van der Waals surface area contributed by atoms with E-state index in [1.807, 2.05) is 23.6 Å². The molecule has 2 N–H and O–H groups in total. The molecule has 0 fully saturated rings. The standard InChI is InChI=1S/C27H21BrClN3O5S/c1-2-32-24(18-8-10-20(29)11-9-18)30-31-27(32)38-23(26(35)36)14-17-5-12-22(21(28)13-17)37-15-16-3-6-19(7-4-16)25(33)34/h3-14H,2,15H2,1H3,(H,33,34)(H,35,36)/b23-14-. The highest BCUT2D eigenvalue weighted by atomic mass is 79.9. The van der Waals surface area contributed by atoms with E-state index in [-0.39, 0.29) is 17.1 Å². The molecule has 0 saturated heterocycles. The number of halogens is 2. The maximum absolute atomic E-state index is 12.1. The number of rotatable bonds is 10. The molecule has 194 valence electrons. The van der Waals surface area contributed by atoms with Crippen LogP contribution in [0.2, 0.25) is 5.02 Å². The number of hydrogen-bond acceptors (Lipinski definition) is 6. The minimum atomic E-state index is -1.09. The summed E-state index contributed by atoms with van der Waals surface area (Å²) in [5.41, 5.74) is 2.50. The normalized spacial score (nSPS) is 11.4. The van der Waals surface area contributed by atoms with Crippen molar-refractivity contribution in [2.24, 2.45) is 0 Å². The first-order valence-corrected chi connectivity index (χ1v) is 13.3. The van der Waals surface area contributed by atoms with Gasteiger partial charge in [0.05, 0.1) is 10.0 Å². The average molecular weight is 615 g/mol. The fourth-order valence-corrected chi connectivity index (χ4v) is 5.00. The van der Waals surface area contributed by atoms with E-state index in [4.69, 9.17) is 21.4 Å². The Labute approximate surface area is 236 Å². The summed E-state index contributed by atoms with van der Waals surface area (Å²) >= 11 is 10.5. The van der Waals surface area contributed by atoms with Crippen molar-refractivity contribution in [3.63, 3.8) is 0 Å². The molecular formula is C27H21BrClN3O5S. The minimum Gasteiger partial charge on any atom is -0.488 e. The lowest BCUT2D eigenvalue weighted by molar-refractivity contribution is -0.131. The Balaban J connectivity index is 1.51. The maximum atomic E-state index is 12.1. The quantitative estimate of drug-likeness (QED) is 0.147. The molecule has 1 aromatic heterocycles. The lowest BCUT2D eigenvalue weighted by Crippen LogP contribution is -2.03. The number of carboxylic acids is 2. The lowest BCUT2D eigenvalue weighted by Gasteiger charge is -2.10. The summed E-state index contributed by atoms with van der Waals surface area (Å²) in [6.45, 7) is 2.73. The van der Waals surface area contributed by atoms with Gasteiger partial charge in [0.1, 0.15) is 17.3 Å². The van der Waals surface area contributed by atoms with Crippen LogP contribution in [-0.2, 0) is 17.9 Å². The van der Waals surface area contributed by atoms with Crippen molar-refractivity contribution in [2.45, 2.75) is 25.2 Å². The van der Waals surface area contributed by atoms with Gasteiger partial charge in [-0.05, 0) is 100 Å². The van der Waals surface area contributed by atoms with Gasteiger partial charge in [-0.2, -0.15) is 0 Å². The van der Waals surface area contributed by atoms with Crippen LogP contribution >= 0.6 is 39.3 Å². The SMILES string of the molecule is CCn1c(S/C(=C\c2ccc(OCc3ccc(C(=O)O)cc3)c(Br)c2)C(=O)O)nnc1-c1ccc(Cl)cc1. The summed E-state index contributed by atoms with van der Waals surface area (Å²) < 4.78 is 8.33. The van der Waals surface area contributed by atoms with Crippen molar-refractivity contribution in [3.05, 3.63) is 97.8 Å². The monoisotopic (exact) mass is 613 g/mol. The van der Waals surface area contributed by atoms with Crippen molar-refractivity contribution in [1.29, 1.82) is 0 Å². The van der Waals surface area contributed by atoms with Gasteiger partial charge in [-0.3, -0.25) is 0 Å². The zero-order valence-electron chi connectivity index (χ0n) is 20.0. The number of hydrogen-bond donors (Lipinski definition) is 2. The Morgan fingerprint density at radius 2 is 1.76 bits per heavy atom. The molecule has 0 aliphatic rings. The van der Waals surface area contributed by atoms with Crippen LogP contribution in [0, 0.1) is 0 Å². The van der Waals surface area contributed by atoms with Crippen LogP contribution < -0.4 is 4.74 Å². The molecule has 0 spiro atoms. The molecule has 38 heavy (non-hydrogen) atoms. The van der Waals surface area contributed by atoms with Gasteiger partial charge >= 0.3 is 11.9 Å². The van der Waals surface area contributed by atoms with Gasteiger partial charge in [0.15, 0.2) is 11.0 Å². The summed E-state index contributed by atoms with van der Waals surface area (Å²) in [5, 5.41) is 28.4.